The fourth-order valence-electron chi connectivity index (χ4n) is 2.06. The Morgan fingerprint density at radius 1 is 1.32 bits per heavy atom. The van der Waals surface area contributed by atoms with E-state index in [4.69, 9.17) is 5.11 Å². The maximum atomic E-state index is 12.2. The smallest absolute Gasteiger partial charge is 0.329 e. The molecule has 1 heterocycles. The molecule has 0 aliphatic heterocycles. The lowest BCUT2D eigenvalue weighted by molar-refractivity contribution is -0.142. The van der Waals surface area contributed by atoms with E-state index in [1.807, 2.05) is 0 Å². The first-order chi connectivity index (χ1) is 10.4. The number of carboxylic acids is 1. The van der Waals surface area contributed by atoms with Crippen molar-refractivity contribution in [2.75, 3.05) is 0 Å². The number of fused-ring (bicyclic) bond motifs is 1. The second-order valence-electron chi connectivity index (χ2n) is 4.73. The Labute approximate surface area is 124 Å². The van der Waals surface area contributed by atoms with Gasteiger partial charge in [-0.3, -0.25) is 14.2 Å². The van der Waals surface area contributed by atoms with E-state index in [2.05, 4.69) is 10.3 Å². The van der Waals surface area contributed by atoms with Crippen LogP contribution in [0, 0.1) is 0 Å². The van der Waals surface area contributed by atoms with E-state index in [1.54, 1.807) is 25.1 Å². The number of benzene rings is 1. The molecule has 2 rings (SSSR count). The van der Waals surface area contributed by atoms with E-state index in [0.717, 1.165) is 4.57 Å². The summed E-state index contributed by atoms with van der Waals surface area (Å²) >= 11 is 0. The molecular weight excluding hydrogens is 290 g/mol. The largest absolute Gasteiger partial charge is 0.480 e. The topological polar surface area (TPSA) is 121 Å². The van der Waals surface area contributed by atoms with Gasteiger partial charge in [0, 0.05) is 0 Å². The predicted molar refractivity (Wildman–Crippen MR) is 78.7 cm³/mol. The molecule has 1 atom stereocenters. The Hall–Kier alpha value is -2.90. The molecule has 1 aromatic heterocycles. The number of amides is 1. The summed E-state index contributed by atoms with van der Waals surface area (Å²) in [5, 5.41) is 11.4. The zero-order valence-corrected chi connectivity index (χ0v) is 11.8. The van der Waals surface area contributed by atoms with E-state index in [0.29, 0.717) is 5.52 Å². The number of hydrogen-bond donors (Lipinski definition) is 3. The lowest BCUT2D eigenvalue weighted by atomic mass is 10.2. The SMILES string of the molecule is CCC(NC(=O)Cn1c(=O)[nH]c2ccccc2c1=O)C(=O)O. The summed E-state index contributed by atoms with van der Waals surface area (Å²) in [6, 6.07) is 5.38. The first-order valence-corrected chi connectivity index (χ1v) is 6.68. The van der Waals surface area contributed by atoms with E-state index in [1.165, 1.54) is 6.07 Å². The molecule has 116 valence electrons. The van der Waals surface area contributed by atoms with Crippen molar-refractivity contribution in [3.05, 3.63) is 45.1 Å². The van der Waals surface area contributed by atoms with Crippen molar-refractivity contribution in [3.8, 4) is 0 Å². The summed E-state index contributed by atoms with van der Waals surface area (Å²) in [4.78, 5) is 49.3. The van der Waals surface area contributed by atoms with Crippen LogP contribution in [0.3, 0.4) is 0 Å². The van der Waals surface area contributed by atoms with Crippen molar-refractivity contribution in [2.24, 2.45) is 0 Å². The minimum Gasteiger partial charge on any atom is -0.480 e. The Morgan fingerprint density at radius 2 is 2.00 bits per heavy atom. The Bertz CT molecular complexity index is 836. The number of carbonyl (C=O) groups is 2. The zero-order chi connectivity index (χ0) is 16.3. The molecule has 1 aromatic carbocycles. The molecular formula is C14H15N3O5. The number of para-hydroxylation sites is 1. The third kappa shape index (κ3) is 3.05. The number of nitrogens with zero attached hydrogens (tertiary/aromatic N) is 1. The highest BCUT2D eigenvalue weighted by molar-refractivity contribution is 5.83. The lowest BCUT2D eigenvalue weighted by Gasteiger charge is -2.12. The maximum absolute atomic E-state index is 12.2. The molecule has 0 radical (unpaired) electrons. The third-order valence-electron chi connectivity index (χ3n) is 3.23. The maximum Gasteiger partial charge on any atom is 0.329 e. The first kappa shape index (κ1) is 15.5. The fourth-order valence-corrected chi connectivity index (χ4v) is 2.06. The molecule has 2 aromatic rings. The minimum atomic E-state index is -1.17. The molecule has 8 heteroatoms. The summed E-state index contributed by atoms with van der Waals surface area (Å²) < 4.78 is 0.742. The first-order valence-electron chi connectivity index (χ1n) is 6.68. The molecule has 0 saturated heterocycles. The Balaban J connectivity index is 2.32. The van der Waals surface area contributed by atoms with Gasteiger partial charge < -0.3 is 15.4 Å². The van der Waals surface area contributed by atoms with Gasteiger partial charge in [0.1, 0.15) is 12.6 Å². The van der Waals surface area contributed by atoms with Gasteiger partial charge in [0.15, 0.2) is 0 Å². The highest BCUT2D eigenvalue weighted by Crippen LogP contribution is 2.02. The van der Waals surface area contributed by atoms with E-state index >= 15 is 0 Å². The molecule has 0 bridgehead atoms. The predicted octanol–water partition coefficient (Wildman–Crippen LogP) is -0.331. The van der Waals surface area contributed by atoms with E-state index < -0.39 is 35.7 Å². The van der Waals surface area contributed by atoms with Crippen LogP contribution < -0.4 is 16.6 Å². The Morgan fingerprint density at radius 3 is 2.64 bits per heavy atom. The molecule has 0 fully saturated rings. The number of aliphatic carboxylic acids is 1. The summed E-state index contributed by atoms with van der Waals surface area (Å²) in [5.41, 5.74) is -0.939. The highest BCUT2D eigenvalue weighted by Gasteiger charge is 2.19. The van der Waals surface area contributed by atoms with Gasteiger partial charge in [0.2, 0.25) is 5.91 Å². The monoisotopic (exact) mass is 305 g/mol. The molecule has 1 unspecified atom stereocenters. The molecule has 0 saturated carbocycles. The van der Waals surface area contributed by atoms with Crippen LogP contribution in [0.25, 0.3) is 10.9 Å². The molecule has 0 aliphatic carbocycles. The lowest BCUT2D eigenvalue weighted by Crippen LogP contribution is -2.45. The van der Waals surface area contributed by atoms with Crippen molar-refractivity contribution in [3.63, 3.8) is 0 Å². The van der Waals surface area contributed by atoms with Gasteiger partial charge in [-0.2, -0.15) is 0 Å². The molecule has 0 aliphatic rings. The van der Waals surface area contributed by atoms with Crippen LogP contribution in [0.4, 0.5) is 0 Å². The average molecular weight is 305 g/mol. The van der Waals surface area contributed by atoms with E-state index in [-0.39, 0.29) is 11.8 Å². The van der Waals surface area contributed by atoms with Crippen molar-refractivity contribution < 1.29 is 14.7 Å². The van der Waals surface area contributed by atoms with Crippen LogP contribution in [0.1, 0.15) is 13.3 Å². The minimum absolute atomic E-state index is 0.198. The second-order valence-corrected chi connectivity index (χ2v) is 4.73. The normalized spacial score (nSPS) is 12.0. The van der Waals surface area contributed by atoms with Crippen molar-refractivity contribution in [2.45, 2.75) is 25.9 Å². The fraction of sp³-hybridized carbons (Fsp3) is 0.286. The zero-order valence-electron chi connectivity index (χ0n) is 11.8. The van der Waals surface area contributed by atoms with Gasteiger partial charge in [0.25, 0.3) is 5.56 Å². The number of rotatable bonds is 5. The van der Waals surface area contributed by atoms with Crippen LogP contribution in [-0.2, 0) is 16.1 Å². The van der Waals surface area contributed by atoms with Gasteiger partial charge in [0.05, 0.1) is 10.9 Å². The molecule has 22 heavy (non-hydrogen) atoms. The molecule has 0 spiro atoms. The number of carbonyl (C=O) groups excluding carboxylic acids is 1. The molecule has 1 amide bonds. The van der Waals surface area contributed by atoms with Gasteiger partial charge in [-0.1, -0.05) is 19.1 Å². The van der Waals surface area contributed by atoms with Crippen LogP contribution >= 0.6 is 0 Å². The molecule has 8 nitrogen and oxygen atoms in total. The standard InChI is InChI=1S/C14H15N3O5/c1-2-9(13(20)21)15-11(18)7-17-12(19)8-5-3-4-6-10(8)16-14(17)22/h3-6,9H,2,7H2,1H3,(H,15,18)(H,16,22)(H,20,21). The van der Waals surface area contributed by atoms with Crippen LogP contribution in [0.2, 0.25) is 0 Å². The number of carboxylic acid groups (broad SMARTS) is 1. The third-order valence-corrected chi connectivity index (χ3v) is 3.23. The average Bonchev–Trinajstić information content (AvgIpc) is 2.48. The van der Waals surface area contributed by atoms with Crippen LogP contribution in [0.15, 0.2) is 33.9 Å². The van der Waals surface area contributed by atoms with Gasteiger partial charge in [-0.15, -0.1) is 0 Å². The van der Waals surface area contributed by atoms with Gasteiger partial charge >= 0.3 is 11.7 Å². The summed E-state index contributed by atoms with van der Waals surface area (Å²) in [6.45, 7) is 1.07. The second kappa shape index (κ2) is 6.25. The van der Waals surface area contributed by atoms with Crippen molar-refractivity contribution in [1.29, 1.82) is 0 Å². The van der Waals surface area contributed by atoms with Crippen LogP contribution in [-0.4, -0.2) is 32.6 Å². The summed E-state index contributed by atoms with van der Waals surface area (Å²) in [7, 11) is 0. The Kier molecular flexibility index (Phi) is 4.40. The van der Waals surface area contributed by atoms with Crippen molar-refractivity contribution in [1.82, 2.24) is 14.9 Å². The van der Waals surface area contributed by atoms with Crippen molar-refractivity contribution >= 4 is 22.8 Å². The quantitative estimate of drug-likeness (QED) is 0.698. The number of aromatic amines is 1. The number of aromatic nitrogens is 2. The van der Waals surface area contributed by atoms with E-state index in [9.17, 15) is 19.2 Å². The molecule has 3 N–H and O–H groups in total. The summed E-state index contributed by atoms with van der Waals surface area (Å²) in [5.74, 6) is -1.88. The summed E-state index contributed by atoms with van der Waals surface area (Å²) in [6.07, 6.45) is 0.198. The number of hydrogen-bond acceptors (Lipinski definition) is 4. The van der Waals surface area contributed by atoms with Gasteiger partial charge in [-0.25, -0.2) is 9.59 Å². The highest BCUT2D eigenvalue weighted by atomic mass is 16.4. The van der Waals surface area contributed by atoms with Crippen LogP contribution in [0.5, 0.6) is 0 Å². The van der Waals surface area contributed by atoms with Gasteiger partial charge in [-0.05, 0) is 18.6 Å². The number of H-pyrrole nitrogens is 1. The number of nitrogens with one attached hydrogen (secondary N) is 2.